The molecule has 1 N–H and O–H groups in total. The molecular formula is C26H44N2O3S. The zero-order chi connectivity index (χ0) is 23.1. The molecule has 0 atom stereocenters. The van der Waals surface area contributed by atoms with Crippen LogP contribution in [0.1, 0.15) is 116 Å². The lowest BCUT2D eigenvalue weighted by molar-refractivity contribution is 0.528. The molecule has 0 saturated heterocycles. The predicted octanol–water partition coefficient (Wildman–Crippen LogP) is 7.68. The number of hydrogen-bond acceptors (Lipinski definition) is 4. The molecule has 0 aliphatic heterocycles. The summed E-state index contributed by atoms with van der Waals surface area (Å²) in [5, 5.41) is 0. The summed E-state index contributed by atoms with van der Waals surface area (Å²) in [7, 11) is -3.49. The van der Waals surface area contributed by atoms with Gasteiger partial charge in [-0.15, -0.1) is 0 Å². The van der Waals surface area contributed by atoms with Crippen LogP contribution in [0.4, 0.5) is 0 Å². The fraction of sp³-hybridized carbons (Fsp3) is 0.731. The van der Waals surface area contributed by atoms with E-state index in [-0.39, 0.29) is 4.90 Å². The molecule has 0 unspecified atom stereocenters. The summed E-state index contributed by atoms with van der Waals surface area (Å²) in [4.78, 5) is 4.46. The topological polar surface area (TPSA) is 72.2 Å². The Hall–Kier alpha value is -1.40. The van der Waals surface area contributed by atoms with Crippen molar-refractivity contribution < 1.29 is 12.8 Å². The second-order valence-electron chi connectivity index (χ2n) is 9.06. The van der Waals surface area contributed by atoms with Crippen LogP contribution in [0.5, 0.6) is 0 Å². The maximum Gasteiger partial charge on any atom is 0.240 e. The number of sulfonamides is 1. The predicted molar refractivity (Wildman–Crippen MR) is 133 cm³/mol. The Bertz CT molecular complexity index is 861. The molecule has 6 heteroatoms. The molecular weight excluding hydrogens is 420 g/mol. The van der Waals surface area contributed by atoms with Crippen LogP contribution in [0.3, 0.4) is 0 Å². The van der Waals surface area contributed by atoms with Gasteiger partial charge in [-0.1, -0.05) is 103 Å². The number of nitrogens with one attached hydrogen (secondary N) is 1. The van der Waals surface area contributed by atoms with E-state index in [9.17, 15) is 8.42 Å². The fourth-order valence-electron chi connectivity index (χ4n) is 4.15. The third-order valence-electron chi connectivity index (χ3n) is 6.10. The molecule has 0 spiro atoms. The number of oxazole rings is 1. The zero-order valence-electron chi connectivity index (χ0n) is 20.3. The van der Waals surface area contributed by atoms with Crippen LogP contribution in [0, 0.1) is 6.92 Å². The van der Waals surface area contributed by atoms with Crippen LogP contribution < -0.4 is 4.72 Å². The average Bonchev–Trinajstić information content (AvgIpc) is 3.15. The van der Waals surface area contributed by atoms with Crippen molar-refractivity contribution in [3.05, 3.63) is 24.1 Å². The lowest BCUT2D eigenvalue weighted by Crippen LogP contribution is -2.24. The van der Waals surface area contributed by atoms with E-state index in [0.717, 1.165) is 12.8 Å². The van der Waals surface area contributed by atoms with Gasteiger partial charge >= 0.3 is 0 Å². The smallest absolute Gasteiger partial charge is 0.240 e. The zero-order valence-corrected chi connectivity index (χ0v) is 21.1. The van der Waals surface area contributed by atoms with E-state index >= 15 is 0 Å². The first-order valence-electron chi connectivity index (χ1n) is 12.9. The molecule has 1 aromatic carbocycles. The van der Waals surface area contributed by atoms with E-state index < -0.39 is 10.0 Å². The van der Waals surface area contributed by atoms with Crippen molar-refractivity contribution in [2.45, 2.75) is 121 Å². The number of aryl methyl sites for hydroxylation is 1. The summed E-state index contributed by atoms with van der Waals surface area (Å²) < 4.78 is 33.1. The molecule has 0 aliphatic rings. The summed E-state index contributed by atoms with van der Waals surface area (Å²) in [6, 6.07) is 4.81. The molecule has 32 heavy (non-hydrogen) atoms. The van der Waals surface area contributed by atoms with Crippen LogP contribution in [-0.2, 0) is 10.0 Å². The number of unbranched alkanes of at least 4 members (excludes halogenated alkanes) is 15. The van der Waals surface area contributed by atoms with Crippen molar-refractivity contribution in [1.29, 1.82) is 0 Å². The molecule has 2 rings (SSSR count). The van der Waals surface area contributed by atoms with Crippen molar-refractivity contribution in [1.82, 2.24) is 9.71 Å². The lowest BCUT2D eigenvalue weighted by atomic mass is 10.0. The summed E-state index contributed by atoms with van der Waals surface area (Å²) in [5.74, 6) is 0.538. The first-order valence-corrected chi connectivity index (χ1v) is 14.4. The van der Waals surface area contributed by atoms with Crippen LogP contribution in [0.2, 0.25) is 0 Å². The lowest BCUT2D eigenvalue weighted by Gasteiger charge is -2.07. The average molecular weight is 465 g/mol. The molecule has 0 bridgehead atoms. The number of benzene rings is 1. The highest BCUT2D eigenvalue weighted by atomic mass is 32.2. The van der Waals surface area contributed by atoms with Gasteiger partial charge in [0, 0.05) is 13.5 Å². The SMILES string of the molecule is CCCCCCCCCCCCCCCCCCNS(=O)(=O)c1ccc2oc(C)nc2c1. The van der Waals surface area contributed by atoms with Crippen LogP contribution >= 0.6 is 0 Å². The van der Waals surface area contributed by atoms with Crippen molar-refractivity contribution in [2.75, 3.05) is 6.54 Å². The molecule has 2 aromatic rings. The molecule has 0 saturated carbocycles. The van der Waals surface area contributed by atoms with Gasteiger partial charge in [0.1, 0.15) is 5.52 Å². The Labute approximate surface area is 195 Å². The van der Waals surface area contributed by atoms with Crippen LogP contribution in [-0.4, -0.2) is 19.9 Å². The van der Waals surface area contributed by atoms with Crippen molar-refractivity contribution in [2.24, 2.45) is 0 Å². The standard InChI is InChI=1S/C26H44N2O3S/c1-3-4-5-6-7-8-9-10-11-12-13-14-15-16-17-18-21-27-32(29,30)24-19-20-26-25(22-24)28-23(2)31-26/h19-20,22,27H,3-18,21H2,1-2H3. The quantitative estimate of drug-likeness (QED) is 0.216. The van der Waals surface area contributed by atoms with E-state index in [0.29, 0.717) is 23.5 Å². The van der Waals surface area contributed by atoms with Gasteiger partial charge in [-0.3, -0.25) is 0 Å². The fourth-order valence-corrected chi connectivity index (χ4v) is 5.25. The first kappa shape index (κ1) is 26.8. The molecule has 1 heterocycles. The highest BCUT2D eigenvalue weighted by Crippen LogP contribution is 2.20. The van der Waals surface area contributed by atoms with Gasteiger partial charge in [-0.2, -0.15) is 0 Å². The number of aromatic nitrogens is 1. The molecule has 0 amide bonds. The third kappa shape index (κ3) is 10.5. The van der Waals surface area contributed by atoms with Crippen LogP contribution in [0.15, 0.2) is 27.5 Å². The van der Waals surface area contributed by atoms with Gasteiger partial charge in [0.15, 0.2) is 11.5 Å². The minimum absolute atomic E-state index is 0.245. The molecule has 1 aromatic heterocycles. The molecule has 0 radical (unpaired) electrons. The molecule has 182 valence electrons. The molecule has 0 aliphatic carbocycles. The minimum atomic E-state index is -3.49. The first-order chi connectivity index (χ1) is 15.5. The number of nitrogens with zero attached hydrogens (tertiary/aromatic N) is 1. The Morgan fingerprint density at radius 1 is 0.781 bits per heavy atom. The van der Waals surface area contributed by atoms with E-state index in [1.165, 1.54) is 89.9 Å². The highest BCUT2D eigenvalue weighted by molar-refractivity contribution is 7.89. The summed E-state index contributed by atoms with van der Waals surface area (Å²) in [5.41, 5.74) is 1.19. The van der Waals surface area contributed by atoms with Crippen molar-refractivity contribution >= 4 is 21.1 Å². The second-order valence-corrected chi connectivity index (χ2v) is 10.8. The minimum Gasteiger partial charge on any atom is -0.441 e. The van der Waals surface area contributed by atoms with E-state index in [4.69, 9.17) is 4.42 Å². The number of rotatable bonds is 19. The van der Waals surface area contributed by atoms with Gasteiger partial charge in [0.25, 0.3) is 0 Å². The maximum atomic E-state index is 12.5. The van der Waals surface area contributed by atoms with E-state index in [1.807, 2.05) is 0 Å². The van der Waals surface area contributed by atoms with Crippen molar-refractivity contribution in [3.63, 3.8) is 0 Å². The Morgan fingerprint density at radius 3 is 1.81 bits per heavy atom. The Kier molecular flexibility index (Phi) is 13.0. The molecule has 0 fully saturated rings. The van der Waals surface area contributed by atoms with Gasteiger partial charge < -0.3 is 4.42 Å². The van der Waals surface area contributed by atoms with Gasteiger partial charge in [0.2, 0.25) is 10.0 Å². The van der Waals surface area contributed by atoms with E-state index in [2.05, 4.69) is 16.6 Å². The molecule has 5 nitrogen and oxygen atoms in total. The largest absolute Gasteiger partial charge is 0.441 e. The maximum absolute atomic E-state index is 12.5. The van der Waals surface area contributed by atoms with Gasteiger partial charge in [-0.05, 0) is 24.6 Å². The van der Waals surface area contributed by atoms with Crippen molar-refractivity contribution in [3.8, 4) is 0 Å². The summed E-state index contributed by atoms with van der Waals surface area (Å²) >= 11 is 0. The van der Waals surface area contributed by atoms with Crippen LogP contribution in [0.25, 0.3) is 11.1 Å². The highest BCUT2D eigenvalue weighted by Gasteiger charge is 2.15. The second kappa shape index (κ2) is 15.4. The summed E-state index contributed by atoms with van der Waals surface area (Å²) in [6.45, 7) is 4.51. The normalized spacial score (nSPS) is 12.1. The summed E-state index contributed by atoms with van der Waals surface area (Å²) in [6.07, 6.45) is 21.0. The number of fused-ring (bicyclic) bond motifs is 1. The monoisotopic (exact) mass is 464 g/mol. The van der Waals surface area contributed by atoms with Gasteiger partial charge in [0.05, 0.1) is 4.90 Å². The Balaban J connectivity index is 1.42. The van der Waals surface area contributed by atoms with Gasteiger partial charge in [-0.25, -0.2) is 18.1 Å². The third-order valence-corrected chi connectivity index (χ3v) is 7.56. The Morgan fingerprint density at radius 2 is 1.28 bits per heavy atom. The number of hydrogen-bond donors (Lipinski definition) is 1. The van der Waals surface area contributed by atoms with E-state index in [1.54, 1.807) is 25.1 Å².